The molecule has 0 aliphatic heterocycles. The fourth-order valence-corrected chi connectivity index (χ4v) is 1.19. The van der Waals surface area contributed by atoms with Crippen molar-refractivity contribution < 1.29 is 26.7 Å². The van der Waals surface area contributed by atoms with Crippen LogP contribution in [0.1, 0.15) is 17.7 Å². The highest BCUT2D eigenvalue weighted by molar-refractivity contribution is 5.46. The lowest BCUT2D eigenvalue weighted by Crippen LogP contribution is -2.20. The summed E-state index contributed by atoms with van der Waals surface area (Å²) < 4.78 is 64.6. The number of nitrogens with two attached hydrogens (primary N) is 2. The Balaban J connectivity index is 3.28. The van der Waals surface area contributed by atoms with Gasteiger partial charge in [0.25, 0.3) is 6.43 Å². The van der Waals surface area contributed by atoms with E-state index in [2.05, 4.69) is 9.72 Å². The maximum Gasteiger partial charge on any atom is 0.573 e. The number of ether oxygens (including phenoxy) is 1. The first-order valence-electron chi connectivity index (χ1n) is 4.28. The molecule has 4 nitrogen and oxygen atoms in total. The van der Waals surface area contributed by atoms with Gasteiger partial charge in [0.05, 0.1) is 0 Å². The molecule has 0 aliphatic carbocycles. The van der Waals surface area contributed by atoms with E-state index < -0.39 is 42.2 Å². The van der Waals surface area contributed by atoms with Crippen molar-refractivity contribution in [3.63, 3.8) is 0 Å². The van der Waals surface area contributed by atoms with Crippen molar-refractivity contribution in [2.45, 2.75) is 19.3 Å². The monoisotopic (exact) mass is 257 g/mol. The third kappa shape index (κ3) is 3.41. The summed E-state index contributed by atoms with van der Waals surface area (Å²) in [5.74, 6) is -1.36. The van der Waals surface area contributed by atoms with Crippen molar-refractivity contribution >= 4 is 5.82 Å². The number of aromatic nitrogens is 1. The number of anilines is 1. The minimum absolute atomic E-state index is 0.503. The Labute approximate surface area is 92.4 Å². The van der Waals surface area contributed by atoms with Crippen LogP contribution < -0.4 is 16.2 Å². The molecule has 0 saturated heterocycles. The van der Waals surface area contributed by atoms with Crippen LogP contribution in [0.4, 0.5) is 27.8 Å². The highest BCUT2D eigenvalue weighted by atomic mass is 19.4. The van der Waals surface area contributed by atoms with E-state index in [4.69, 9.17) is 11.5 Å². The predicted octanol–water partition coefficient (Wildman–Crippen LogP) is 1.96. The van der Waals surface area contributed by atoms with Gasteiger partial charge < -0.3 is 16.2 Å². The van der Waals surface area contributed by atoms with Crippen LogP contribution in [0.15, 0.2) is 6.07 Å². The molecule has 0 radical (unpaired) electrons. The molecule has 1 rings (SSSR count). The van der Waals surface area contributed by atoms with Gasteiger partial charge in [-0.1, -0.05) is 0 Å². The van der Waals surface area contributed by atoms with Gasteiger partial charge in [-0.2, -0.15) is 0 Å². The fourth-order valence-electron chi connectivity index (χ4n) is 1.19. The van der Waals surface area contributed by atoms with E-state index in [-0.39, 0.29) is 0 Å². The molecule has 17 heavy (non-hydrogen) atoms. The standard InChI is InChI=1S/C8H8F5N3O/c9-7(10)6-3(2-14)4(1-5(15)16-6)17-8(11,12)13/h1,7H,2,14H2,(H2,15,16). The van der Waals surface area contributed by atoms with Crippen LogP contribution >= 0.6 is 0 Å². The summed E-state index contributed by atoms with van der Waals surface area (Å²) in [7, 11) is 0. The van der Waals surface area contributed by atoms with Crippen molar-refractivity contribution in [2.75, 3.05) is 5.73 Å². The maximum absolute atomic E-state index is 12.5. The average molecular weight is 257 g/mol. The predicted molar refractivity (Wildman–Crippen MR) is 48.2 cm³/mol. The van der Waals surface area contributed by atoms with Gasteiger partial charge in [-0.15, -0.1) is 13.2 Å². The lowest BCUT2D eigenvalue weighted by molar-refractivity contribution is -0.274. The van der Waals surface area contributed by atoms with E-state index in [0.29, 0.717) is 6.07 Å². The van der Waals surface area contributed by atoms with Crippen LogP contribution in [0.3, 0.4) is 0 Å². The zero-order valence-corrected chi connectivity index (χ0v) is 8.26. The lowest BCUT2D eigenvalue weighted by atomic mass is 10.1. The molecule has 1 aromatic rings. The molecule has 0 amide bonds. The summed E-state index contributed by atoms with van der Waals surface area (Å²) in [6, 6.07) is 0.696. The van der Waals surface area contributed by atoms with E-state index in [1.54, 1.807) is 0 Å². The molecule has 0 bridgehead atoms. The highest BCUT2D eigenvalue weighted by Crippen LogP contribution is 2.33. The Morgan fingerprint density at radius 1 is 1.35 bits per heavy atom. The smallest absolute Gasteiger partial charge is 0.405 e. The summed E-state index contributed by atoms with van der Waals surface area (Å²) in [5, 5.41) is 0. The number of hydrogen-bond donors (Lipinski definition) is 2. The maximum atomic E-state index is 12.5. The van der Waals surface area contributed by atoms with Crippen LogP contribution in [0.25, 0.3) is 0 Å². The van der Waals surface area contributed by atoms with Gasteiger partial charge in [0.1, 0.15) is 17.3 Å². The number of pyridine rings is 1. The topological polar surface area (TPSA) is 74.2 Å². The van der Waals surface area contributed by atoms with Crippen LogP contribution in [-0.4, -0.2) is 11.3 Å². The summed E-state index contributed by atoms with van der Waals surface area (Å²) in [6.45, 7) is -0.571. The number of hydrogen-bond acceptors (Lipinski definition) is 4. The summed E-state index contributed by atoms with van der Waals surface area (Å²) in [5.41, 5.74) is 8.77. The lowest BCUT2D eigenvalue weighted by Gasteiger charge is -2.15. The van der Waals surface area contributed by atoms with Crippen molar-refractivity contribution in [1.29, 1.82) is 0 Å². The van der Waals surface area contributed by atoms with Crippen LogP contribution in [0.2, 0.25) is 0 Å². The zero-order chi connectivity index (χ0) is 13.2. The van der Waals surface area contributed by atoms with Gasteiger partial charge in [-0.25, -0.2) is 13.8 Å². The van der Waals surface area contributed by atoms with Gasteiger partial charge in [0, 0.05) is 18.2 Å². The normalized spacial score (nSPS) is 11.9. The molecule has 0 aliphatic rings. The van der Waals surface area contributed by atoms with E-state index in [0.717, 1.165) is 0 Å². The van der Waals surface area contributed by atoms with E-state index >= 15 is 0 Å². The Morgan fingerprint density at radius 2 is 1.94 bits per heavy atom. The summed E-state index contributed by atoms with van der Waals surface area (Å²) in [6.07, 6.45) is -8.11. The largest absolute Gasteiger partial charge is 0.573 e. The SMILES string of the molecule is NCc1c(OC(F)(F)F)cc(N)nc1C(F)F. The molecular formula is C8H8F5N3O. The molecular weight excluding hydrogens is 249 g/mol. The minimum atomic E-state index is -5.02. The third-order valence-electron chi connectivity index (χ3n) is 1.77. The zero-order valence-electron chi connectivity index (χ0n) is 8.26. The quantitative estimate of drug-likeness (QED) is 0.812. The molecule has 4 N–H and O–H groups in total. The third-order valence-corrected chi connectivity index (χ3v) is 1.77. The van der Waals surface area contributed by atoms with Crippen LogP contribution in [-0.2, 0) is 6.54 Å². The number of nitrogens with zero attached hydrogens (tertiary/aromatic N) is 1. The van der Waals surface area contributed by atoms with Crippen molar-refractivity contribution in [3.05, 3.63) is 17.3 Å². The molecule has 1 heterocycles. The number of halogens is 5. The molecule has 1 aromatic heterocycles. The number of rotatable bonds is 3. The second kappa shape index (κ2) is 4.70. The number of nitrogen functional groups attached to an aromatic ring is 1. The Hall–Kier alpha value is -1.64. The van der Waals surface area contributed by atoms with E-state index in [1.807, 2.05) is 0 Å². The summed E-state index contributed by atoms with van der Waals surface area (Å²) >= 11 is 0. The van der Waals surface area contributed by atoms with Crippen molar-refractivity contribution in [3.8, 4) is 5.75 Å². The summed E-state index contributed by atoms with van der Waals surface area (Å²) in [4.78, 5) is 3.23. The van der Waals surface area contributed by atoms with Crippen LogP contribution in [0.5, 0.6) is 5.75 Å². The number of alkyl halides is 5. The van der Waals surface area contributed by atoms with Crippen molar-refractivity contribution in [1.82, 2.24) is 4.98 Å². The highest BCUT2D eigenvalue weighted by Gasteiger charge is 2.33. The Bertz CT molecular complexity index is 407. The molecule has 0 aromatic carbocycles. The molecule has 0 spiro atoms. The molecule has 9 heteroatoms. The first-order valence-corrected chi connectivity index (χ1v) is 4.28. The molecule has 0 unspecified atom stereocenters. The Kier molecular flexibility index (Phi) is 3.71. The first kappa shape index (κ1) is 13.4. The van der Waals surface area contributed by atoms with Gasteiger partial charge in [0.2, 0.25) is 0 Å². The Morgan fingerprint density at radius 3 is 2.35 bits per heavy atom. The van der Waals surface area contributed by atoms with Gasteiger partial charge in [-0.3, -0.25) is 0 Å². The minimum Gasteiger partial charge on any atom is -0.405 e. The van der Waals surface area contributed by atoms with Gasteiger partial charge >= 0.3 is 6.36 Å². The molecule has 0 fully saturated rings. The molecule has 0 saturated carbocycles. The van der Waals surface area contributed by atoms with Gasteiger partial charge in [-0.05, 0) is 0 Å². The second-order valence-electron chi connectivity index (χ2n) is 2.96. The second-order valence-corrected chi connectivity index (χ2v) is 2.96. The van der Waals surface area contributed by atoms with Gasteiger partial charge in [0.15, 0.2) is 0 Å². The molecule has 96 valence electrons. The fraction of sp³-hybridized carbons (Fsp3) is 0.375. The van der Waals surface area contributed by atoms with E-state index in [1.165, 1.54) is 0 Å². The van der Waals surface area contributed by atoms with E-state index in [9.17, 15) is 22.0 Å². The van der Waals surface area contributed by atoms with Crippen LogP contribution in [0, 0.1) is 0 Å². The first-order chi connectivity index (χ1) is 7.74. The average Bonchev–Trinajstić information content (AvgIpc) is 2.14. The molecule has 0 atom stereocenters. The van der Waals surface area contributed by atoms with Crippen molar-refractivity contribution in [2.24, 2.45) is 5.73 Å².